The fourth-order valence-electron chi connectivity index (χ4n) is 1.23. The molecule has 1 rings (SSSR count). The summed E-state index contributed by atoms with van der Waals surface area (Å²) in [6.45, 7) is 2.16. The molecule has 21 heavy (non-hydrogen) atoms. The van der Waals surface area contributed by atoms with Crippen molar-refractivity contribution in [2.75, 3.05) is 25.1 Å². The second-order valence-electron chi connectivity index (χ2n) is 3.64. The smallest absolute Gasteiger partial charge is 0.321 e. The maximum absolute atomic E-state index is 12.0. The second-order valence-corrected chi connectivity index (χ2v) is 4.00. The van der Waals surface area contributed by atoms with Crippen molar-refractivity contribution < 1.29 is 9.59 Å². The molecular formula is C10H15ClN8O2. The number of hydrogen-bond acceptors (Lipinski definition) is 7. The summed E-state index contributed by atoms with van der Waals surface area (Å²) in [6, 6.07) is -0.521. The first-order chi connectivity index (χ1) is 9.88. The SMILES string of the molecule is CCNC(=O)NC(=NC)NC(=O)c1nc(Cl)c(N)nc1N. The van der Waals surface area contributed by atoms with Crippen molar-refractivity contribution in [3.05, 3.63) is 10.8 Å². The fourth-order valence-corrected chi connectivity index (χ4v) is 1.36. The lowest BCUT2D eigenvalue weighted by molar-refractivity contribution is 0.0972. The van der Waals surface area contributed by atoms with Gasteiger partial charge in [-0.05, 0) is 6.92 Å². The number of anilines is 2. The third-order valence-corrected chi connectivity index (χ3v) is 2.42. The zero-order valence-electron chi connectivity index (χ0n) is 11.4. The number of carbonyl (C=O) groups is 2. The van der Waals surface area contributed by atoms with Crippen LogP contribution in [-0.4, -0.2) is 41.5 Å². The highest BCUT2D eigenvalue weighted by molar-refractivity contribution is 6.31. The molecule has 0 aliphatic carbocycles. The van der Waals surface area contributed by atoms with Gasteiger partial charge in [-0.3, -0.25) is 20.4 Å². The van der Waals surface area contributed by atoms with Gasteiger partial charge < -0.3 is 16.8 Å². The van der Waals surface area contributed by atoms with Crippen LogP contribution in [0.5, 0.6) is 0 Å². The van der Waals surface area contributed by atoms with Crippen LogP contribution in [0.3, 0.4) is 0 Å². The molecule has 0 fully saturated rings. The Labute approximate surface area is 125 Å². The zero-order chi connectivity index (χ0) is 16.0. The first kappa shape index (κ1) is 16.4. The topological polar surface area (TPSA) is 160 Å². The summed E-state index contributed by atoms with van der Waals surface area (Å²) in [6.07, 6.45) is 0. The third-order valence-electron chi connectivity index (χ3n) is 2.14. The summed E-state index contributed by atoms with van der Waals surface area (Å²) < 4.78 is 0. The molecule has 0 atom stereocenters. The van der Waals surface area contributed by atoms with E-state index in [1.165, 1.54) is 7.05 Å². The molecule has 10 nitrogen and oxygen atoms in total. The van der Waals surface area contributed by atoms with Gasteiger partial charge in [0, 0.05) is 13.6 Å². The molecular weight excluding hydrogens is 300 g/mol. The van der Waals surface area contributed by atoms with Crippen LogP contribution in [0.15, 0.2) is 4.99 Å². The second kappa shape index (κ2) is 7.24. The van der Waals surface area contributed by atoms with Crippen LogP contribution in [0, 0.1) is 0 Å². The number of halogens is 1. The number of amides is 3. The molecule has 0 unspecified atom stereocenters. The predicted octanol–water partition coefficient (Wildman–Crippen LogP) is -0.671. The van der Waals surface area contributed by atoms with Gasteiger partial charge >= 0.3 is 6.03 Å². The average molecular weight is 315 g/mol. The molecule has 3 amide bonds. The molecule has 1 heterocycles. The van der Waals surface area contributed by atoms with Crippen LogP contribution in [0.4, 0.5) is 16.4 Å². The number of nitrogen functional groups attached to an aromatic ring is 2. The molecule has 0 radical (unpaired) electrons. The van der Waals surface area contributed by atoms with Gasteiger partial charge in [0.05, 0.1) is 0 Å². The summed E-state index contributed by atoms with van der Waals surface area (Å²) in [5.74, 6) is -1.10. The van der Waals surface area contributed by atoms with Gasteiger partial charge in [-0.1, -0.05) is 11.6 Å². The minimum atomic E-state index is -0.737. The Morgan fingerprint density at radius 3 is 2.48 bits per heavy atom. The lowest BCUT2D eigenvalue weighted by Crippen LogP contribution is -2.48. The summed E-state index contributed by atoms with van der Waals surface area (Å²) in [7, 11) is 1.38. The van der Waals surface area contributed by atoms with E-state index in [4.69, 9.17) is 23.1 Å². The number of aromatic nitrogens is 2. The molecule has 0 bridgehead atoms. The molecule has 114 valence electrons. The number of nitrogens with one attached hydrogen (secondary N) is 3. The molecule has 0 saturated carbocycles. The van der Waals surface area contributed by atoms with Gasteiger partial charge in [0.15, 0.2) is 22.5 Å². The third kappa shape index (κ3) is 4.45. The highest BCUT2D eigenvalue weighted by atomic mass is 35.5. The fraction of sp³-hybridized carbons (Fsp3) is 0.300. The number of guanidine groups is 1. The molecule has 0 aliphatic heterocycles. The number of rotatable bonds is 2. The summed E-state index contributed by atoms with van der Waals surface area (Å²) in [5.41, 5.74) is 10.7. The lowest BCUT2D eigenvalue weighted by atomic mass is 10.4. The first-order valence-electron chi connectivity index (χ1n) is 5.80. The number of aliphatic imine (C=N–C) groups is 1. The maximum atomic E-state index is 12.0. The number of carbonyl (C=O) groups excluding carboxylic acids is 2. The molecule has 7 N–H and O–H groups in total. The van der Waals surface area contributed by atoms with E-state index < -0.39 is 11.9 Å². The summed E-state index contributed by atoms with van der Waals surface area (Å²) >= 11 is 5.68. The average Bonchev–Trinajstić information content (AvgIpc) is 2.42. The lowest BCUT2D eigenvalue weighted by Gasteiger charge is -2.11. The Kier molecular flexibility index (Phi) is 5.67. The van der Waals surface area contributed by atoms with E-state index in [2.05, 4.69) is 30.9 Å². The van der Waals surface area contributed by atoms with E-state index >= 15 is 0 Å². The maximum Gasteiger partial charge on any atom is 0.321 e. The van der Waals surface area contributed by atoms with Crippen LogP contribution >= 0.6 is 11.6 Å². The van der Waals surface area contributed by atoms with Gasteiger partial charge in [0.2, 0.25) is 5.96 Å². The van der Waals surface area contributed by atoms with Crippen LogP contribution in [0.1, 0.15) is 17.4 Å². The predicted molar refractivity (Wildman–Crippen MR) is 78.9 cm³/mol. The Morgan fingerprint density at radius 2 is 1.90 bits per heavy atom. The summed E-state index contributed by atoms with van der Waals surface area (Å²) in [4.78, 5) is 34.5. The largest absolute Gasteiger partial charge is 0.382 e. The van der Waals surface area contributed by atoms with Gasteiger partial charge in [-0.2, -0.15) is 0 Å². The summed E-state index contributed by atoms with van der Waals surface area (Å²) in [5, 5.41) is 6.98. The molecule has 0 aliphatic rings. The van der Waals surface area contributed by atoms with Gasteiger partial charge in [0.25, 0.3) is 5.91 Å². The Bertz CT molecular complexity index is 589. The Balaban J connectivity index is 2.85. The number of hydrogen-bond donors (Lipinski definition) is 5. The van der Waals surface area contributed by atoms with Gasteiger partial charge in [0.1, 0.15) is 0 Å². The van der Waals surface area contributed by atoms with Gasteiger partial charge in [-0.25, -0.2) is 14.8 Å². The standard InChI is InChI=1S/C10H15ClN8O2/c1-3-15-10(21)19-9(14-2)18-8(20)4-6(12)17-7(13)5(11)16-4/h3H2,1-2H3,(H4,12,13,17)(H3,14,15,18,19,20,21). The Morgan fingerprint density at radius 1 is 1.24 bits per heavy atom. The monoisotopic (exact) mass is 314 g/mol. The molecule has 1 aromatic rings. The van der Waals surface area contributed by atoms with Crippen molar-refractivity contribution in [3.63, 3.8) is 0 Å². The minimum absolute atomic E-state index is 0.0832. The molecule has 1 aromatic heterocycles. The zero-order valence-corrected chi connectivity index (χ0v) is 12.2. The quantitative estimate of drug-likeness (QED) is 0.359. The van der Waals surface area contributed by atoms with Crippen LogP contribution in [0.2, 0.25) is 5.15 Å². The van der Waals surface area contributed by atoms with E-state index in [0.29, 0.717) is 6.54 Å². The first-order valence-corrected chi connectivity index (χ1v) is 6.18. The van der Waals surface area contributed by atoms with Crippen molar-refractivity contribution in [3.8, 4) is 0 Å². The highest BCUT2D eigenvalue weighted by Gasteiger charge is 2.18. The van der Waals surface area contributed by atoms with Crippen molar-refractivity contribution in [1.82, 2.24) is 25.9 Å². The molecule has 11 heteroatoms. The highest BCUT2D eigenvalue weighted by Crippen LogP contribution is 2.16. The van der Waals surface area contributed by atoms with Crippen LogP contribution in [0.25, 0.3) is 0 Å². The normalized spacial score (nSPS) is 10.9. The molecule has 0 saturated heterocycles. The van der Waals surface area contributed by atoms with E-state index in [1.807, 2.05) is 0 Å². The number of nitrogens with zero attached hydrogens (tertiary/aromatic N) is 3. The van der Waals surface area contributed by atoms with Gasteiger partial charge in [-0.15, -0.1) is 0 Å². The minimum Gasteiger partial charge on any atom is -0.382 e. The van der Waals surface area contributed by atoms with Crippen molar-refractivity contribution in [2.45, 2.75) is 6.92 Å². The van der Waals surface area contributed by atoms with E-state index in [0.717, 1.165) is 0 Å². The van der Waals surface area contributed by atoms with E-state index in [-0.39, 0.29) is 28.4 Å². The van der Waals surface area contributed by atoms with Crippen molar-refractivity contribution in [1.29, 1.82) is 0 Å². The van der Waals surface area contributed by atoms with Crippen molar-refractivity contribution in [2.24, 2.45) is 4.99 Å². The number of urea groups is 1. The van der Waals surface area contributed by atoms with E-state index in [1.54, 1.807) is 6.92 Å². The van der Waals surface area contributed by atoms with E-state index in [9.17, 15) is 9.59 Å². The molecule has 0 aromatic carbocycles. The number of nitrogens with two attached hydrogens (primary N) is 2. The van der Waals surface area contributed by atoms with Crippen LogP contribution < -0.4 is 27.4 Å². The van der Waals surface area contributed by atoms with Crippen LogP contribution in [-0.2, 0) is 0 Å². The Hall–Kier alpha value is -2.62. The van der Waals surface area contributed by atoms with Crippen molar-refractivity contribution >= 4 is 41.1 Å². The molecule has 0 spiro atoms.